The minimum Gasteiger partial charge on any atom is -0.392 e. The van der Waals surface area contributed by atoms with E-state index in [1.165, 1.54) is 16.0 Å². The van der Waals surface area contributed by atoms with Crippen molar-refractivity contribution in [2.24, 2.45) is 0 Å². The second-order valence-electron chi connectivity index (χ2n) is 6.71. The third kappa shape index (κ3) is 4.48. The van der Waals surface area contributed by atoms with Gasteiger partial charge in [0.1, 0.15) is 0 Å². The van der Waals surface area contributed by atoms with Gasteiger partial charge in [-0.2, -0.15) is 0 Å². The fraction of sp³-hybridized carbons (Fsp3) is 0.450. The fourth-order valence-corrected chi connectivity index (χ4v) is 4.49. The highest BCUT2D eigenvalue weighted by atomic mass is 32.1. The highest BCUT2D eigenvalue weighted by molar-refractivity contribution is 7.14. The lowest BCUT2D eigenvalue weighted by Crippen LogP contribution is -2.39. The van der Waals surface area contributed by atoms with Crippen molar-refractivity contribution in [3.05, 3.63) is 57.3 Å². The second kappa shape index (κ2) is 8.13. The Bertz CT molecular complexity index is 714. The zero-order valence-electron chi connectivity index (χ0n) is 14.9. The Balaban J connectivity index is 1.59. The maximum Gasteiger partial charge on any atom is 0.261 e. The molecule has 2 aromatic rings. The number of aliphatic hydroxyl groups excluding tert-OH is 1. The first-order valence-corrected chi connectivity index (χ1v) is 9.72. The minimum absolute atomic E-state index is 0.00569. The van der Waals surface area contributed by atoms with Gasteiger partial charge in [-0.15, -0.1) is 11.3 Å². The Kier molecular flexibility index (Phi) is 5.89. The number of β-amino-alcohol motifs (C(OH)–C–C–N with tert-alkyl or cyclic N) is 1. The van der Waals surface area contributed by atoms with Gasteiger partial charge in [0.15, 0.2) is 0 Å². The number of aryl methyl sites for hydroxylation is 2. The maximum absolute atomic E-state index is 12.4. The number of hydrogen-bond donors (Lipinski definition) is 2. The van der Waals surface area contributed by atoms with Crippen molar-refractivity contribution < 1.29 is 9.90 Å². The van der Waals surface area contributed by atoms with E-state index in [1.54, 1.807) is 11.3 Å². The first-order valence-electron chi connectivity index (χ1n) is 8.90. The van der Waals surface area contributed by atoms with Gasteiger partial charge in [-0.25, -0.2) is 0 Å². The van der Waals surface area contributed by atoms with Crippen LogP contribution in [-0.4, -0.2) is 41.1 Å². The van der Waals surface area contributed by atoms with Crippen LogP contribution in [0.3, 0.4) is 0 Å². The van der Waals surface area contributed by atoms with Gasteiger partial charge in [-0.1, -0.05) is 37.3 Å². The van der Waals surface area contributed by atoms with Gasteiger partial charge in [0.2, 0.25) is 0 Å². The summed E-state index contributed by atoms with van der Waals surface area (Å²) < 4.78 is 0. The van der Waals surface area contributed by atoms with Crippen molar-refractivity contribution in [2.45, 2.75) is 45.4 Å². The molecule has 1 aliphatic rings. The fourth-order valence-electron chi connectivity index (χ4n) is 3.46. The predicted octanol–water partition coefficient (Wildman–Crippen LogP) is 2.98. The van der Waals surface area contributed by atoms with E-state index in [9.17, 15) is 9.90 Å². The SMILES string of the molecule is CCc1cc(C(=O)NC[C@H]2C[C@@H](O)CN2Cc2ccccc2)sc1C. The molecule has 0 spiro atoms. The summed E-state index contributed by atoms with van der Waals surface area (Å²) in [5, 5.41) is 13.1. The molecule has 5 heteroatoms. The van der Waals surface area contributed by atoms with Crippen LogP contribution in [0.4, 0.5) is 0 Å². The van der Waals surface area contributed by atoms with Crippen LogP contribution in [0.25, 0.3) is 0 Å². The van der Waals surface area contributed by atoms with Crippen LogP contribution >= 0.6 is 11.3 Å². The molecule has 134 valence electrons. The van der Waals surface area contributed by atoms with Gasteiger partial charge in [-0.3, -0.25) is 9.69 Å². The van der Waals surface area contributed by atoms with Crippen LogP contribution in [-0.2, 0) is 13.0 Å². The largest absolute Gasteiger partial charge is 0.392 e. The Labute approximate surface area is 153 Å². The summed E-state index contributed by atoms with van der Waals surface area (Å²) in [4.78, 5) is 16.7. The van der Waals surface area contributed by atoms with Crippen LogP contribution in [0.2, 0.25) is 0 Å². The summed E-state index contributed by atoms with van der Waals surface area (Å²) in [5.74, 6) is -0.00569. The molecule has 1 aliphatic heterocycles. The number of benzene rings is 1. The van der Waals surface area contributed by atoms with Gasteiger partial charge >= 0.3 is 0 Å². The molecule has 3 rings (SSSR count). The molecule has 2 heterocycles. The minimum atomic E-state index is -0.318. The van der Waals surface area contributed by atoms with Gasteiger partial charge in [0.05, 0.1) is 11.0 Å². The molecule has 0 radical (unpaired) electrons. The molecule has 0 bridgehead atoms. The molecular formula is C20H26N2O2S. The molecule has 25 heavy (non-hydrogen) atoms. The van der Waals surface area contributed by atoms with E-state index in [1.807, 2.05) is 24.3 Å². The number of likely N-dealkylation sites (tertiary alicyclic amines) is 1. The van der Waals surface area contributed by atoms with Crippen LogP contribution in [0, 0.1) is 6.92 Å². The molecule has 2 atom stereocenters. The lowest BCUT2D eigenvalue weighted by atomic mass is 10.1. The molecular weight excluding hydrogens is 332 g/mol. The van der Waals surface area contributed by atoms with Crippen LogP contribution in [0.5, 0.6) is 0 Å². The molecule has 2 N–H and O–H groups in total. The van der Waals surface area contributed by atoms with E-state index in [-0.39, 0.29) is 18.1 Å². The Morgan fingerprint density at radius 3 is 2.80 bits per heavy atom. The normalized spacial score (nSPS) is 20.8. The summed E-state index contributed by atoms with van der Waals surface area (Å²) in [6.45, 7) is 6.21. The molecule has 1 saturated heterocycles. The number of hydrogen-bond acceptors (Lipinski definition) is 4. The summed E-state index contributed by atoms with van der Waals surface area (Å²) in [6, 6.07) is 12.4. The lowest BCUT2D eigenvalue weighted by Gasteiger charge is -2.24. The number of amides is 1. The van der Waals surface area contributed by atoms with Crippen LogP contribution in [0.15, 0.2) is 36.4 Å². The molecule has 0 saturated carbocycles. The number of rotatable bonds is 6. The highest BCUT2D eigenvalue weighted by Gasteiger charge is 2.31. The first kappa shape index (κ1) is 18.1. The Morgan fingerprint density at radius 1 is 1.36 bits per heavy atom. The van der Waals surface area contributed by atoms with Crippen molar-refractivity contribution >= 4 is 17.2 Å². The number of carbonyl (C=O) groups is 1. The quantitative estimate of drug-likeness (QED) is 0.835. The zero-order chi connectivity index (χ0) is 17.8. The zero-order valence-corrected chi connectivity index (χ0v) is 15.7. The van der Waals surface area contributed by atoms with Crippen molar-refractivity contribution in [1.82, 2.24) is 10.2 Å². The summed E-state index contributed by atoms with van der Waals surface area (Å²) in [5.41, 5.74) is 2.48. The number of thiophene rings is 1. The van der Waals surface area contributed by atoms with Crippen LogP contribution < -0.4 is 5.32 Å². The predicted molar refractivity (Wildman–Crippen MR) is 102 cm³/mol. The molecule has 4 nitrogen and oxygen atoms in total. The molecule has 1 amide bonds. The number of nitrogens with zero attached hydrogens (tertiary/aromatic N) is 1. The van der Waals surface area contributed by atoms with Crippen molar-refractivity contribution in [3.63, 3.8) is 0 Å². The average molecular weight is 359 g/mol. The summed E-state index contributed by atoms with van der Waals surface area (Å²) in [6.07, 6.45) is 1.34. The van der Waals surface area contributed by atoms with E-state index >= 15 is 0 Å². The van der Waals surface area contributed by atoms with Gasteiger partial charge < -0.3 is 10.4 Å². The Hall–Kier alpha value is -1.69. The van der Waals surface area contributed by atoms with E-state index in [4.69, 9.17) is 0 Å². The Morgan fingerprint density at radius 2 is 2.12 bits per heavy atom. The third-order valence-corrected chi connectivity index (χ3v) is 5.95. The summed E-state index contributed by atoms with van der Waals surface area (Å²) >= 11 is 1.56. The first-order chi connectivity index (χ1) is 12.1. The number of nitrogens with one attached hydrogen (secondary N) is 1. The van der Waals surface area contributed by atoms with E-state index in [0.717, 1.165) is 17.8 Å². The van der Waals surface area contributed by atoms with E-state index in [2.05, 4.69) is 36.2 Å². The van der Waals surface area contributed by atoms with E-state index in [0.29, 0.717) is 19.5 Å². The maximum atomic E-state index is 12.4. The highest BCUT2D eigenvalue weighted by Crippen LogP contribution is 2.23. The molecule has 0 unspecified atom stereocenters. The van der Waals surface area contributed by atoms with Gasteiger partial charge in [0.25, 0.3) is 5.91 Å². The molecule has 1 aromatic heterocycles. The number of carbonyl (C=O) groups excluding carboxylic acids is 1. The molecule has 1 aromatic carbocycles. The topological polar surface area (TPSA) is 52.6 Å². The monoisotopic (exact) mass is 358 g/mol. The summed E-state index contributed by atoms with van der Waals surface area (Å²) in [7, 11) is 0. The van der Waals surface area contributed by atoms with Crippen LogP contribution in [0.1, 0.15) is 39.0 Å². The van der Waals surface area contributed by atoms with Gasteiger partial charge in [0, 0.05) is 30.6 Å². The van der Waals surface area contributed by atoms with Crippen molar-refractivity contribution in [2.75, 3.05) is 13.1 Å². The number of aliphatic hydroxyl groups is 1. The second-order valence-corrected chi connectivity index (χ2v) is 7.97. The van der Waals surface area contributed by atoms with E-state index < -0.39 is 0 Å². The standard InChI is InChI=1S/C20H26N2O2S/c1-3-16-9-19(25-14(16)2)20(24)21-11-17-10-18(23)13-22(17)12-15-7-5-4-6-8-15/h4-9,17-18,23H,3,10-13H2,1-2H3,(H,21,24)/t17-,18-/m1/s1. The smallest absolute Gasteiger partial charge is 0.261 e. The van der Waals surface area contributed by atoms with Gasteiger partial charge in [-0.05, 0) is 37.0 Å². The molecule has 0 aliphatic carbocycles. The van der Waals surface area contributed by atoms with Crippen molar-refractivity contribution in [3.8, 4) is 0 Å². The molecule has 1 fully saturated rings. The van der Waals surface area contributed by atoms with Crippen molar-refractivity contribution in [1.29, 1.82) is 0 Å². The lowest BCUT2D eigenvalue weighted by molar-refractivity contribution is 0.0944. The third-order valence-electron chi connectivity index (χ3n) is 4.86. The average Bonchev–Trinajstić information content (AvgIpc) is 3.15.